The van der Waals surface area contributed by atoms with Gasteiger partial charge in [0.15, 0.2) is 5.03 Å². The van der Waals surface area contributed by atoms with Gasteiger partial charge in [0.25, 0.3) is 10.0 Å². The van der Waals surface area contributed by atoms with E-state index in [1.165, 1.54) is 6.20 Å². The fraction of sp³-hybridized carbons (Fsp3) is 0.400. The molecule has 8 nitrogen and oxygen atoms in total. The van der Waals surface area contributed by atoms with E-state index in [9.17, 15) is 8.42 Å². The van der Waals surface area contributed by atoms with Gasteiger partial charge < -0.3 is 9.52 Å². The molecule has 0 amide bonds. The fourth-order valence-electron chi connectivity index (χ4n) is 1.47. The van der Waals surface area contributed by atoms with E-state index >= 15 is 0 Å². The molecule has 0 spiro atoms. The van der Waals surface area contributed by atoms with Crippen LogP contribution in [-0.2, 0) is 29.6 Å². The Labute approximate surface area is 109 Å². The first kappa shape index (κ1) is 13.7. The molecule has 0 radical (unpaired) electrons. The molecule has 0 saturated carbocycles. The maximum atomic E-state index is 12.0. The molecule has 0 aliphatic rings. The van der Waals surface area contributed by atoms with Crippen molar-refractivity contribution < 1.29 is 17.9 Å². The van der Waals surface area contributed by atoms with Crippen LogP contribution in [0.4, 0.5) is 0 Å². The molecule has 0 bridgehead atoms. The zero-order valence-corrected chi connectivity index (χ0v) is 11.1. The Bertz CT molecular complexity index is 646. The summed E-state index contributed by atoms with van der Waals surface area (Å²) in [6, 6.07) is 0. The van der Waals surface area contributed by atoms with Gasteiger partial charge in [0.05, 0.1) is 25.5 Å². The third-order valence-corrected chi connectivity index (χ3v) is 3.90. The number of aromatic nitrogens is 3. The van der Waals surface area contributed by atoms with Crippen LogP contribution in [0.1, 0.15) is 24.1 Å². The van der Waals surface area contributed by atoms with Crippen molar-refractivity contribution in [1.29, 1.82) is 0 Å². The minimum atomic E-state index is -3.78. The lowest BCUT2D eigenvalue weighted by molar-refractivity contribution is 0.278. The first-order valence-corrected chi connectivity index (χ1v) is 7.11. The average molecular weight is 286 g/mol. The number of nitrogens with one attached hydrogen (secondary N) is 2. The number of aryl methyl sites for hydroxylation is 1. The zero-order valence-electron chi connectivity index (χ0n) is 10.3. The summed E-state index contributed by atoms with van der Waals surface area (Å²) in [4.78, 5) is 3.95. The van der Waals surface area contributed by atoms with Crippen molar-refractivity contribution in [2.75, 3.05) is 0 Å². The quantitative estimate of drug-likeness (QED) is 0.683. The molecule has 0 atom stereocenters. The van der Waals surface area contributed by atoms with Gasteiger partial charge in [0.1, 0.15) is 5.76 Å². The van der Waals surface area contributed by atoms with Crippen molar-refractivity contribution in [3.8, 4) is 0 Å². The Morgan fingerprint density at radius 2 is 2.26 bits per heavy atom. The summed E-state index contributed by atoms with van der Waals surface area (Å²) in [5.41, 5.74) is 0.203. The smallest absolute Gasteiger partial charge is 0.258 e. The number of hydrogen-bond acceptors (Lipinski definition) is 6. The van der Waals surface area contributed by atoms with Crippen LogP contribution in [0.15, 0.2) is 21.8 Å². The summed E-state index contributed by atoms with van der Waals surface area (Å²) in [5, 5.41) is 14.8. The second kappa shape index (κ2) is 5.51. The number of aliphatic hydroxyl groups is 1. The van der Waals surface area contributed by atoms with Gasteiger partial charge >= 0.3 is 0 Å². The standard InChI is InChI=1S/C10H14N4O4S/c1-2-8-4-11-9(18-8)5-13-19(16,17)10-7(6-15)3-12-14-10/h3-4,13,15H,2,5-6H2,1H3,(H,12,14). The van der Waals surface area contributed by atoms with E-state index in [-0.39, 0.29) is 23.0 Å². The lowest BCUT2D eigenvalue weighted by Gasteiger charge is -2.03. The van der Waals surface area contributed by atoms with E-state index in [0.717, 1.165) is 0 Å². The lowest BCUT2D eigenvalue weighted by Crippen LogP contribution is -2.24. The number of aromatic amines is 1. The Morgan fingerprint density at radius 3 is 2.89 bits per heavy atom. The minimum absolute atomic E-state index is 0.0633. The third-order valence-electron chi connectivity index (χ3n) is 2.48. The van der Waals surface area contributed by atoms with E-state index < -0.39 is 16.6 Å². The minimum Gasteiger partial charge on any atom is -0.444 e. The molecule has 0 fully saturated rings. The Kier molecular flexibility index (Phi) is 3.98. The SMILES string of the molecule is CCc1cnc(CNS(=O)(=O)c2[nH]ncc2CO)o1. The highest BCUT2D eigenvalue weighted by atomic mass is 32.2. The zero-order chi connectivity index (χ0) is 13.9. The molecule has 0 unspecified atom stereocenters. The summed E-state index contributed by atoms with van der Waals surface area (Å²) < 4.78 is 31.5. The maximum absolute atomic E-state index is 12.0. The second-order valence-corrected chi connectivity index (χ2v) is 5.48. The van der Waals surface area contributed by atoms with Gasteiger partial charge in [-0.2, -0.15) is 5.10 Å². The lowest BCUT2D eigenvalue weighted by atomic mass is 10.4. The number of hydrogen-bond donors (Lipinski definition) is 3. The molecule has 2 rings (SSSR count). The summed E-state index contributed by atoms with van der Waals surface area (Å²) in [7, 11) is -3.78. The van der Waals surface area contributed by atoms with Crippen LogP contribution in [0.25, 0.3) is 0 Å². The normalized spacial score (nSPS) is 11.9. The number of aliphatic hydroxyl groups excluding tert-OH is 1. The average Bonchev–Trinajstić information content (AvgIpc) is 3.05. The third kappa shape index (κ3) is 3.00. The summed E-state index contributed by atoms with van der Waals surface area (Å²) >= 11 is 0. The van der Waals surface area contributed by atoms with E-state index in [2.05, 4.69) is 19.9 Å². The van der Waals surface area contributed by atoms with Gasteiger partial charge in [0, 0.05) is 12.0 Å². The van der Waals surface area contributed by atoms with E-state index in [1.807, 2.05) is 6.92 Å². The summed E-state index contributed by atoms with van der Waals surface area (Å²) in [6.07, 6.45) is 3.50. The van der Waals surface area contributed by atoms with Crippen molar-refractivity contribution in [3.63, 3.8) is 0 Å². The van der Waals surface area contributed by atoms with Crippen molar-refractivity contribution >= 4 is 10.0 Å². The number of H-pyrrole nitrogens is 1. The topological polar surface area (TPSA) is 121 Å². The molecule has 2 aromatic heterocycles. The Balaban J connectivity index is 2.09. The first-order chi connectivity index (χ1) is 9.06. The van der Waals surface area contributed by atoms with Crippen LogP contribution in [0.5, 0.6) is 0 Å². The highest BCUT2D eigenvalue weighted by molar-refractivity contribution is 7.89. The van der Waals surface area contributed by atoms with Gasteiger partial charge in [0.2, 0.25) is 5.89 Å². The molecule has 2 heterocycles. The molecule has 9 heteroatoms. The molecule has 104 valence electrons. The molecular weight excluding hydrogens is 272 g/mol. The summed E-state index contributed by atoms with van der Waals surface area (Å²) in [6.45, 7) is 1.44. The van der Waals surface area contributed by atoms with E-state index in [1.54, 1.807) is 6.20 Å². The highest BCUT2D eigenvalue weighted by Crippen LogP contribution is 2.12. The van der Waals surface area contributed by atoms with Crippen LogP contribution in [-0.4, -0.2) is 28.7 Å². The van der Waals surface area contributed by atoms with Crippen LogP contribution in [0, 0.1) is 0 Å². The molecule has 0 aliphatic heterocycles. The predicted molar refractivity (Wildman–Crippen MR) is 64.4 cm³/mol. The maximum Gasteiger partial charge on any atom is 0.258 e. The van der Waals surface area contributed by atoms with Crippen LogP contribution in [0.2, 0.25) is 0 Å². The predicted octanol–water partition coefficient (Wildman–Crippen LogP) is -0.0691. The van der Waals surface area contributed by atoms with Gasteiger partial charge in [-0.05, 0) is 0 Å². The van der Waals surface area contributed by atoms with Gasteiger partial charge in [-0.1, -0.05) is 6.92 Å². The van der Waals surface area contributed by atoms with Gasteiger partial charge in [-0.15, -0.1) is 0 Å². The second-order valence-electron chi connectivity index (χ2n) is 3.78. The first-order valence-electron chi connectivity index (χ1n) is 5.63. The number of oxazole rings is 1. The van der Waals surface area contributed by atoms with Crippen molar-refractivity contribution in [3.05, 3.63) is 29.6 Å². The fourth-order valence-corrected chi connectivity index (χ4v) is 2.56. The molecule has 0 aromatic carbocycles. The number of sulfonamides is 1. The van der Waals surface area contributed by atoms with Crippen LogP contribution >= 0.6 is 0 Å². The highest BCUT2D eigenvalue weighted by Gasteiger charge is 2.20. The molecule has 0 aliphatic carbocycles. The Morgan fingerprint density at radius 1 is 1.47 bits per heavy atom. The Hall–Kier alpha value is -1.71. The molecule has 3 N–H and O–H groups in total. The van der Waals surface area contributed by atoms with Crippen LogP contribution < -0.4 is 4.72 Å². The molecular formula is C10H14N4O4S. The molecule has 0 saturated heterocycles. The molecule has 19 heavy (non-hydrogen) atoms. The van der Waals surface area contributed by atoms with E-state index in [0.29, 0.717) is 12.2 Å². The molecule has 2 aromatic rings. The summed E-state index contributed by atoms with van der Waals surface area (Å²) in [5.74, 6) is 0.970. The monoisotopic (exact) mass is 286 g/mol. The number of nitrogens with zero attached hydrogens (tertiary/aromatic N) is 2. The van der Waals surface area contributed by atoms with Crippen molar-refractivity contribution in [2.24, 2.45) is 0 Å². The van der Waals surface area contributed by atoms with Gasteiger partial charge in [-0.3, -0.25) is 5.10 Å². The number of rotatable bonds is 6. The van der Waals surface area contributed by atoms with Crippen molar-refractivity contribution in [2.45, 2.75) is 31.5 Å². The van der Waals surface area contributed by atoms with E-state index in [4.69, 9.17) is 9.52 Å². The largest absolute Gasteiger partial charge is 0.444 e. The van der Waals surface area contributed by atoms with Crippen molar-refractivity contribution in [1.82, 2.24) is 19.9 Å². The van der Waals surface area contributed by atoms with Crippen LogP contribution in [0.3, 0.4) is 0 Å². The van der Waals surface area contributed by atoms with Gasteiger partial charge in [-0.25, -0.2) is 18.1 Å².